The third kappa shape index (κ3) is 4.09. The number of hydrogen-bond donors (Lipinski definition) is 0. The van der Waals surface area contributed by atoms with Crippen LogP contribution in [0.3, 0.4) is 0 Å². The molecule has 3 nitrogen and oxygen atoms in total. The Morgan fingerprint density at radius 1 is 0.828 bits per heavy atom. The van der Waals surface area contributed by atoms with Crippen LogP contribution in [0.25, 0.3) is 16.9 Å². The Labute approximate surface area is 169 Å². The summed E-state index contributed by atoms with van der Waals surface area (Å²) in [6, 6.07) is 11.8. The second kappa shape index (κ2) is 8.05. The molecule has 1 fully saturated rings. The van der Waals surface area contributed by atoms with Crippen LogP contribution in [-0.4, -0.2) is 47.6 Å². The van der Waals surface area contributed by atoms with Gasteiger partial charge in [-0.3, -0.25) is 4.90 Å². The lowest BCUT2D eigenvalue weighted by atomic mass is 10.1. The molecule has 152 valence electrons. The molecule has 1 aliphatic rings. The lowest BCUT2D eigenvalue weighted by Crippen LogP contribution is -2.43. The van der Waals surface area contributed by atoms with Gasteiger partial charge in [0.2, 0.25) is 0 Å². The zero-order chi connectivity index (χ0) is 20.5. The molecule has 2 heterocycles. The predicted molar refractivity (Wildman–Crippen MR) is 109 cm³/mol. The molecule has 0 unspecified atom stereocenters. The number of benzene rings is 2. The highest BCUT2D eigenvalue weighted by Crippen LogP contribution is 2.31. The summed E-state index contributed by atoms with van der Waals surface area (Å²) in [6.45, 7) is 6.66. The van der Waals surface area contributed by atoms with Crippen molar-refractivity contribution in [1.82, 2.24) is 14.4 Å². The van der Waals surface area contributed by atoms with Crippen molar-refractivity contribution in [1.29, 1.82) is 0 Å². The first-order chi connectivity index (χ1) is 13.9. The standard InChI is InChI=1S/C23H24F3N3/c1-16-18(15-28-11-9-27(2)10-12-28)13-23(17-3-5-19(24)6-4-17)29(16)22-8-7-20(25)14-21(22)26/h3-8,13-14H,9-12,15H2,1-2H3. The van der Waals surface area contributed by atoms with Crippen LogP contribution in [0, 0.1) is 24.4 Å². The highest BCUT2D eigenvalue weighted by Gasteiger charge is 2.21. The first kappa shape index (κ1) is 19.7. The average Bonchev–Trinajstić information content (AvgIpc) is 3.00. The van der Waals surface area contributed by atoms with Crippen molar-refractivity contribution in [3.63, 3.8) is 0 Å². The molecular formula is C23H24F3N3. The summed E-state index contributed by atoms with van der Waals surface area (Å²) in [5.41, 5.74) is 3.80. The minimum Gasteiger partial charge on any atom is -0.311 e. The summed E-state index contributed by atoms with van der Waals surface area (Å²) < 4.78 is 43.4. The largest absolute Gasteiger partial charge is 0.311 e. The molecule has 0 radical (unpaired) electrons. The average molecular weight is 399 g/mol. The lowest BCUT2D eigenvalue weighted by Gasteiger charge is -2.32. The van der Waals surface area contributed by atoms with E-state index in [0.717, 1.165) is 61.3 Å². The normalized spacial score (nSPS) is 15.8. The number of hydrogen-bond acceptors (Lipinski definition) is 2. The summed E-state index contributed by atoms with van der Waals surface area (Å²) >= 11 is 0. The van der Waals surface area contributed by atoms with Gasteiger partial charge in [0.1, 0.15) is 17.5 Å². The second-order valence-electron chi connectivity index (χ2n) is 7.66. The van der Waals surface area contributed by atoms with Crippen molar-refractivity contribution in [3.05, 3.63) is 77.2 Å². The maximum Gasteiger partial charge on any atom is 0.150 e. The molecule has 1 aromatic heterocycles. The molecule has 1 aliphatic heterocycles. The van der Waals surface area contributed by atoms with Gasteiger partial charge in [0, 0.05) is 44.5 Å². The van der Waals surface area contributed by atoms with Crippen LogP contribution < -0.4 is 0 Å². The number of nitrogens with zero attached hydrogens (tertiary/aromatic N) is 3. The Bertz CT molecular complexity index is 1000. The molecule has 0 N–H and O–H groups in total. The summed E-state index contributed by atoms with van der Waals surface area (Å²) in [7, 11) is 2.11. The van der Waals surface area contributed by atoms with Gasteiger partial charge in [-0.2, -0.15) is 0 Å². The monoisotopic (exact) mass is 399 g/mol. The highest BCUT2D eigenvalue weighted by atomic mass is 19.1. The van der Waals surface area contributed by atoms with E-state index in [1.165, 1.54) is 24.3 Å². The molecule has 0 aliphatic carbocycles. The lowest BCUT2D eigenvalue weighted by molar-refractivity contribution is 0.148. The number of halogens is 3. The van der Waals surface area contributed by atoms with Crippen LogP contribution >= 0.6 is 0 Å². The fraction of sp³-hybridized carbons (Fsp3) is 0.304. The van der Waals surface area contributed by atoms with E-state index < -0.39 is 11.6 Å². The Kier molecular flexibility index (Phi) is 5.48. The van der Waals surface area contributed by atoms with Crippen LogP contribution in [0.15, 0.2) is 48.5 Å². The molecular weight excluding hydrogens is 375 g/mol. The zero-order valence-electron chi connectivity index (χ0n) is 16.6. The van der Waals surface area contributed by atoms with Gasteiger partial charge in [0.05, 0.1) is 11.4 Å². The smallest absolute Gasteiger partial charge is 0.150 e. The predicted octanol–water partition coefficient (Wildman–Crippen LogP) is 4.62. The first-order valence-corrected chi connectivity index (χ1v) is 9.76. The van der Waals surface area contributed by atoms with Gasteiger partial charge in [-0.1, -0.05) is 0 Å². The molecule has 0 saturated carbocycles. The minimum atomic E-state index is -0.627. The number of rotatable bonds is 4. The number of piperazine rings is 1. The van der Waals surface area contributed by atoms with E-state index in [2.05, 4.69) is 16.8 Å². The van der Waals surface area contributed by atoms with E-state index in [9.17, 15) is 13.2 Å². The fourth-order valence-electron chi connectivity index (χ4n) is 3.87. The van der Waals surface area contributed by atoms with Crippen LogP contribution in [0.1, 0.15) is 11.3 Å². The van der Waals surface area contributed by atoms with Crippen molar-refractivity contribution in [2.45, 2.75) is 13.5 Å². The third-order valence-electron chi connectivity index (χ3n) is 5.63. The topological polar surface area (TPSA) is 11.4 Å². The van der Waals surface area contributed by atoms with E-state index in [1.807, 2.05) is 13.0 Å². The SMILES string of the molecule is Cc1c(CN2CCN(C)CC2)cc(-c2ccc(F)cc2)n1-c1ccc(F)cc1F. The minimum absolute atomic E-state index is 0.285. The van der Waals surface area contributed by atoms with Crippen LogP contribution in [0.4, 0.5) is 13.2 Å². The van der Waals surface area contributed by atoms with Gasteiger partial charge in [-0.15, -0.1) is 0 Å². The number of aromatic nitrogens is 1. The van der Waals surface area contributed by atoms with Gasteiger partial charge in [0.15, 0.2) is 0 Å². The molecule has 4 rings (SSSR count). The number of likely N-dealkylation sites (N-methyl/N-ethyl adjacent to an activating group) is 1. The zero-order valence-corrected chi connectivity index (χ0v) is 16.6. The van der Waals surface area contributed by atoms with Crippen molar-refractivity contribution in [2.75, 3.05) is 33.2 Å². The Hall–Kier alpha value is -2.57. The molecule has 1 saturated heterocycles. The third-order valence-corrected chi connectivity index (χ3v) is 5.63. The highest BCUT2D eigenvalue weighted by molar-refractivity contribution is 5.66. The van der Waals surface area contributed by atoms with Crippen molar-refractivity contribution in [2.24, 2.45) is 0 Å². The molecule has 0 atom stereocenters. The summed E-state index contributed by atoms with van der Waals surface area (Å²) in [6.07, 6.45) is 0. The first-order valence-electron chi connectivity index (χ1n) is 9.76. The fourth-order valence-corrected chi connectivity index (χ4v) is 3.87. The molecule has 2 aromatic carbocycles. The quantitative estimate of drug-likeness (QED) is 0.634. The molecule has 0 bridgehead atoms. The second-order valence-corrected chi connectivity index (χ2v) is 7.66. The summed E-state index contributed by atoms with van der Waals surface area (Å²) in [4.78, 5) is 4.68. The van der Waals surface area contributed by atoms with Crippen LogP contribution in [0.2, 0.25) is 0 Å². The van der Waals surface area contributed by atoms with E-state index in [1.54, 1.807) is 16.7 Å². The Morgan fingerprint density at radius 3 is 2.14 bits per heavy atom. The van der Waals surface area contributed by atoms with Gasteiger partial charge in [0.25, 0.3) is 0 Å². The van der Waals surface area contributed by atoms with Crippen molar-refractivity contribution in [3.8, 4) is 16.9 Å². The Balaban J connectivity index is 1.79. The summed E-state index contributed by atoms with van der Waals surface area (Å²) in [5.74, 6) is -1.57. The molecule has 0 amide bonds. The molecule has 29 heavy (non-hydrogen) atoms. The maximum absolute atomic E-state index is 14.7. The van der Waals surface area contributed by atoms with E-state index >= 15 is 0 Å². The van der Waals surface area contributed by atoms with E-state index in [4.69, 9.17) is 0 Å². The molecule has 3 aromatic rings. The van der Waals surface area contributed by atoms with E-state index in [-0.39, 0.29) is 11.5 Å². The van der Waals surface area contributed by atoms with Crippen molar-refractivity contribution < 1.29 is 13.2 Å². The van der Waals surface area contributed by atoms with Gasteiger partial charge in [-0.05, 0) is 67.6 Å². The molecule has 6 heteroatoms. The van der Waals surface area contributed by atoms with Crippen LogP contribution in [0.5, 0.6) is 0 Å². The van der Waals surface area contributed by atoms with Gasteiger partial charge >= 0.3 is 0 Å². The van der Waals surface area contributed by atoms with Gasteiger partial charge in [-0.25, -0.2) is 13.2 Å². The van der Waals surface area contributed by atoms with E-state index in [0.29, 0.717) is 0 Å². The summed E-state index contributed by atoms with van der Waals surface area (Å²) in [5, 5.41) is 0. The maximum atomic E-state index is 14.7. The Morgan fingerprint density at radius 2 is 1.48 bits per heavy atom. The van der Waals surface area contributed by atoms with Gasteiger partial charge < -0.3 is 9.47 Å². The van der Waals surface area contributed by atoms with Crippen molar-refractivity contribution >= 4 is 0 Å². The van der Waals surface area contributed by atoms with Crippen LogP contribution in [-0.2, 0) is 6.54 Å². The molecule has 0 spiro atoms.